The molecule has 0 spiro atoms. The summed E-state index contributed by atoms with van der Waals surface area (Å²) in [5.41, 5.74) is 7.71. The predicted octanol–water partition coefficient (Wildman–Crippen LogP) is 2.97. The van der Waals surface area contributed by atoms with E-state index in [1.165, 1.54) is 0 Å². The van der Waals surface area contributed by atoms with Gasteiger partial charge in [-0.05, 0) is 42.7 Å². The highest BCUT2D eigenvalue weighted by atomic mass is 16.4. The molecule has 2 aromatic rings. The molecule has 0 aliphatic carbocycles. The van der Waals surface area contributed by atoms with Gasteiger partial charge >= 0.3 is 5.97 Å². The third kappa shape index (κ3) is 2.19. The van der Waals surface area contributed by atoms with Gasteiger partial charge in [-0.3, -0.25) is 4.79 Å². The van der Waals surface area contributed by atoms with Crippen LogP contribution in [0.15, 0.2) is 48.5 Å². The third-order valence-corrected chi connectivity index (χ3v) is 3.60. The number of hydrogen-bond acceptors (Lipinski definition) is 2. The smallest absolute Gasteiger partial charge is 0.318 e. The van der Waals surface area contributed by atoms with Gasteiger partial charge in [0, 0.05) is 5.69 Å². The van der Waals surface area contributed by atoms with E-state index in [1.807, 2.05) is 31.2 Å². The van der Waals surface area contributed by atoms with Crippen molar-refractivity contribution in [2.45, 2.75) is 19.3 Å². The number of nitrogens with two attached hydrogens (primary N) is 1. The monoisotopic (exact) mass is 255 g/mol. The van der Waals surface area contributed by atoms with Crippen LogP contribution in [0.4, 0.5) is 5.69 Å². The number of hydrogen-bond donors (Lipinski definition) is 2. The van der Waals surface area contributed by atoms with Crippen molar-refractivity contribution in [2.24, 2.45) is 0 Å². The summed E-state index contributed by atoms with van der Waals surface area (Å²) in [5, 5.41) is 9.70. The number of aryl methyl sites for hydroxylation is 1. The predicted molar refractivity (Wildman–Crippen MR) is 76.1 cm³/mol. The molecule has 2 aromatic carbocycles. The van der Waals surface area contributed by atoms with Gasteiger partial charge in [0.25, 0.3) is 0 Å². The number of aliphatic carboxylic acids is 1. The number of carbonyl (C=O) groups is 1. The van der Waals surface area contributed by atoms with E-state index in [4.69, 9.17) is 5.73 Å². The van der Waals surface area contributed by atoms with Crippen LogP contribution in [0.25, 0.3) is 0 Å². The number of rotatable bonds is 3. The van der Waals surface area contributed by atoms with Gasteiger partial charge in [-0.15, -0.1) is 0 Å². The Morgan fingerprint density at radius 3 is 2.21 bits per heavy atom. The molecule has 98 valence electrons. The first-order chi connectivity index (χ1) is 8.96. The molecule has 3 nitrogen and oxygen atoms in total. The van der Waals surface area contributed by atoms with Crippen LogP contribution in [0, 0.1) is 6.92 Å². The Morgan fingerprint density at radius 2 is 1.68 bits per heavy atom. The molecular formula is C16H17NO2. The fraction of sp³-hybridized carbons (Fsp3) is 0.188. The first kappa shape index (κ1) is 13.1. The molecule has 2 rings (SSSR count). The van der Waals surface area contributed by atoms with Gasteiger partial charge in [-0.25, -0.2) is 0 Å². The molecule has 0 heterocycles. The number of carboxylic acid groups (broad SMARTS) is 1. The van der Waals surface area contributed by atoms with Crippen molar-refractivity contribution in [3.63, 3.8) is 0 Å². The number of anilines is 1. The normalized spacial score (nSPS) is 13.8. The summed E-state index contributed by atoms with van der Waals surface area (Å²) in [5.74, 6) is -0.869. The van der Waals surface area contributed by atoms with Gasteiger partial charge in [0.15, 0.2) is 0 Å². The second kappa shape index (κ2) is 4.76. The van der Waals surface area contributed by atoms with E-state index in [1.54, 1.807) is 31.2 Å². The molecule has 0 aromatic heterocycles. The second-order valence-corrected chi connectivity index (χ2v) is 4.87. The topological polar surface area (TPSA) is 63.3 Å². The molecule has 0 amide bonds. The van der Waals surface area contributed by atoms with E-state index in [0.29, 0.717) is 5.69 Å². The SMILES string of the molecule is Cc1ccccc1C(C)(C(=O)O)c1ccc(N)cc1. The van der Waals surface area contributed by atoms with Gasteiger partial charge in [-0.2, -0.15) is 0 Å². The lowest BCUT2D eigenvalue weighted by molar-refractivity contribution is -0.141. The average molecular weight is 255 g/mol. The minimum atomic E-state index is -1.07. The highest BCUT2D eigenvalue weighted by Crippen LogP contribution is 2.34. The highest BCUT2D eigenvalue weighted by molar-refractivity contribution is 5.86. The number of benzene rings is 2. The maximum atomic E-state index is 11.8. The first-order valence-electron chi connectivity index (χ1n) is 6.12. The lowest BCUT2D eigenvalue weighted by Crippen LogP contribution is -2.34. The van der Waals surface area contributed by atoms with Crippen LogP contribution in [-0.2, 0) is 10.2 Å². The van der Waals surface area contributed by atoms with Gasteiger partial charge in [0.05, 0.1) is 0 Å². The summed E-state index contributed by atoms with van der Waals surface area (Å²) in [6.45, 7) is 3.65. The van der Waals surface area contributed by atoms with E-state index in [0.717, 1.165) is 16.7 Å². The van der Waals surface area contributed by atoms with E-state index < -0.39 is 11.4 Å². The summed E-state index contributed by atoms with van der Waals surface area (Å²) in [6, 6.07) is 14.6. The summed E-state index contributed by atoms with van der Waals surface area (Å²) < 4.78 is 0. The van der Waals surface area contributed by atoms with Crippen molar-refractivity contribution in [3.8, 4) is 0 Å². The van der Waals surface area contributed by atoms with E-state index in [2.05, 4.69) is 0 Å². The van der Waals surface area contributed by atoms with Crippen LogP contribution in [-0.4, -0.2) is 11.1 Å². The summed E-state index contributed by atoms with van der Waals surface area (Å²) in [7, 11) is 0. The highest BCUT2D eigenvalue weighted by Gasteiger charge is 2.38. The third-order valence-electron chi connectivity index (χ3n) is 3.60. The average Bonchev–Trinajstić information content (AvgIpc) is 2.39. The molecule has 0 bridgehead atoms. The number of nitrogen functional groups attached to an aromatic ring is 1. The van der Waals surface area contributed by atoms with Crippen LogP contribution in [0.2, 0.25) is 0 Å². The van der Waals surface area contributed by atoms with Crippen molar-refractivity contribution in [3.05, 3.63) is 65.2 Å². The van der Waals surface area contributed by atoms with Crippen molar-refractivity contribution in [2.75, 3.05) is 5.73 Å². The molecule has 0 radical (unpaired) electrons. The fourth-order valence-electron chi connectivity index (χ4n) is 2.34. The van der Waals surface area contributed by atoms with Crippen LogP contribution in [0.1, 0.15) is 23.6 Å². The van der Waals surface area contributed by atoms with Gasteiger partial charge in [-0.1, -0.05) is 36.4 Å². The van der Waals surface area contributed by atoms with Crippen molar-refractivity contribution in [1.82, 2.24) is 0 Å². The second-order valence-electron chi connectivity index (χ2n) is 4.87. The molecule has 0 aliphatic heterocycles. The van der Waals surface area contributed by atoms with E-state index >= 15 is 0 Å². The Kier molecular flexibility index (Phi) is 3.30. The zero-order valence-corrected chi connectivity index (χ0v) is 11.1. The molecule has 1 unspecified atom stereocenters. The minimum Gasteiger partial charge on any atom is -0.480 e. The summed E-state index contributed by atoms with van der Waals surface area (Å²) >= 11 is 0. The molecule has 19 heavy (non-hydrogen) atoms. The van der Waals surface area contributed by atoms with Crippen LogP contribution in [0.5, 0.6) is 0 Å². The summed E-state index contributed by atoms with van der Waals surface area (Å²) in [4.78, 5) is 11.8. The van der Waals surface area contributed by atoms with Crippen LogP contribution >= 0.6 is 0 Å². The maximum Gasteiger partial charge on any atom is 0.318 e. The van der Waals surface area contributed by atoms with Crippen molar-refractivity contribution in [1.29, 1.82) is 0 Å². The van der Waals surface area contributed by atoms with Crippen molar-refractivity contribution >= 4 is 11.7 Å². The molecule has 0 aliphatic rings. The Balaban J connectivity index is 2.65. The first-order valence-corrected chi connectivity index (χ1v) is 6.12. The Bertz CT molecular complexity index is 604. The molecule has 0 saturated carbocycles. The Morgan fingerprint density at radius 1 is 1.11 bits per heavy atom. The van der Waals surface area contributed by atoms with Gasteiger partial charge in [0.2, 0.25) is 0 Å². The van der Waals surface area contributed by atoms with Gasteiger partial charge in [0.1, 0.15) is 5.41 Å². The molecule has 3 N–H and O–H groups in total. The minimum absolute atomic E-state index is 0.626. The van der Waals surface area contributed by atoms with Crippen LogP contribution < -0.4 is 5.73 Å². The standard InChI is InChI=1S/C16H17NO2/c1-11-5-3-4-6-14(11)16(2,15(18)19)12-7-9-13(17)10-8-12/h3-10H,17H2,1-2H3,(H,18,19). The zero-order valence-electron chi connectivity index (χ0n) is 11.1. The molecule has 0 fully saturated rings. The maximum absolute atomic E-state index is 11.8. The van der Waals surface area contributed by atoms with E-state index in [-0.39, 0.29) is 0 Å². The lowest BCUT2D eigenvalue weighted by atomic mass is 9.74. The van der Waals surface area contributed by atoms with E-state index in [9.17, 15) is 9.90 Å². The lowest BCUT2D eigenvalue weighted by Gasteiger charge is -2.27. The molecule has 0 saturated heterocycles. The fourth-order valence-corrected chi connectivity index (χ4v) is 2.34. The molecule has 1 atom stereocenters. The van der Waals surface area contributed by atoms with Crippen molar-refractivity contribution < 1.29 is 9.90 Å². The molecular weight excluding hydrogens is 238 g/mol. The van der Waals surface area contributed by atoms with Gasteiger partial charge < -0.3 is 10.8 Å². The quantitative estimate of drug-likeness (QED) is 0.829. The summed E-state index contributed by atoms with van der Waals surface area (Å²) in [6.07, 6.45) is 0. The zero-order chi connectivity index (χ0) is 14.0. The Labute approximate surface area is 112 Å². The largest absolute Gasteiger partial charge is 0.480 e. The number of carboxylic acids is 1. The van der Waals surface area contributed by atoms with Crippen LogP contribution in [0.3, 0.4) is 0 Å². The Hall–Kier alpha value is -2.29. The molecule has 3 heteroatoms.